The van der Waals surface area contributed by atoms with Crippen LogP contribution in [-0.2, 0) is 37.5 Å². The number of hydrogen-bond donors (Lipinski definition) is 3. The Kier molecular flexibility index (Phi) is 40.0. The van der Waals surface area contributed by atoms with Gasteiger partial charge in [-0.25, -0.2) is 4.57 Å². The molecule has 3 atom stereocenters. The standard InChI is InChI=1S/C48H80NO10P/c1-3-5-7-9-11-13-15-17-19-20-21-22-23-24-26-27-29-31-33-35-37-39-46(50)56-41-44(42-57-60(54,55)58-43-45(49)48(52)53)59-47(51)40-38-36-34-32-30-28-25-18-16-14-12-10-8-6-4-2/h12,14,18-20,22-23,25-27,30-33,44-45H,3-11,13,15-17,21,24,28-29,34-43,49H2,1-2H3,(H,52,53)(H,54,55)/b14-12+,20-19+,23-22+,25-18+,27-26+,32-30+,33-31+/t44-,45-/m0/s1. The van der Waals surface area contributed by atoms with Crippen LogP contribution < -0.4 is 5.73 Å². The van der Waals surface area contributed by atoms with Crippen molar-refractivity contribution in [2.24, 2.45) is 5.73 Å². The van der Waals surface area contributed by atoms with Crippen molar-refractivity contribution in [3.05, 3.63) is 85.1 Å². The van der Waals surface area contributed by atoms with E-state index >= 15 is 0 Å². The molecule has 4 N–H and O–H groups in total. The third-order valence-corrected chi connectivity index (χ3v) is 10.1. The van der Waals surface area contributed by atoms with Gasteiger partial charge in [-0.15, -0.1) is 0 Å². The van der Waals surface area contributed by atoms with Crippen molar-refractivity contribution in [2.45, 2.75) is 180 Å². The maximum atomic E-state index is 12.6. The molecule has 0 rings (SSSR count). The first-order valence-electron chi connectivity index (χ1n) is 22.6. The van der Waals surface area contributed by atoms with Crippen LogP contribution in [0.2, 0.25) is 0 Å². The van der Waals surface area contributed by atoms with Crippen LogP contribution in [0.25, 0.3) is 0 Å². The minimum atomic E-state index is -4.74. The first kappa shape index (κ1) is 56.7. The van der Waals surface area contributed by atoms with Gasteiger partial charge in [0.25, 0.3) is 0 Å². The molecule has 342 valence electrons. The van der Waals surface area contributed by atoms with Crippen molar-refractivity contribution in [3.63, 3.8) is 0 Å². The first-order valence-corrected chi connectivity index (χ1v) is 24.1. The van der Waals surface area contributed by atoms with Gasteiger partial charge in [0.1, 0.15) is 12.6 Å². The van der Waals surface area contributed by atoms with E-state index in [-0.39, 0.29) is 12.8 Å². The molecule has 0 aliphatic carbocycles. The number of phosphoric acid groups is 1. The number of carboxylic acid groups (broad SMARTS) is 1. The summed E-state index contributed by atoms with van der Waals surface area (Å²) in [4.78, 5) is 45.9. The average molecular weight is 862 g/mol. The van der Waals surface area contributed by atoms with Crippen molar-refractivity contribution < 1.29 is 47.5 Å². The molecule has 0 amide bonds. The number of rotatable bonds is 41. The molecule has 0 bridgehead atoms. The van der Waals surface area contributed by atoms with Gasteiger partial charge >= 0.3 is 25.7 Å². The van der Waals surface area contributed by atoms with Crippen molar-refractivity contribution >= 4 is 25.7 Å². The smallest absolute Gasteiger partial charge is 0.472 e. The van der Waals surface area contributed by atoms with Gasteiger partial charge in [-0.2, -0.15) is 0 Å². The molecule has 0 aromatic rings. The number of unbranched alkanes of at least 4 members (excludes halogenated alkanes) is 13. The van der Waals surface area contributed by atoms with Crippen LogP contribution in [0, 0.1) is 0 Å². The van der Waals surface area contributed by atoms with Crippen molar-refractivity contribution in [2.75, 3.05) is 19.8 Å². The van der Waals surface area contributed by atoms with Crippen LogP contribution in [-0.4, -0.2) is 59.9 Å². The molecule has 0 fully saturated rings. The minimum absolute atomic E-state index is 0.0960. The number of nitrogens with two attached hydrogens (primary N) is 1. The molecular formula is C48H80NO10P. The van der Waals surface area contributed by atoms with E-state index in [1.165, 1.54) is 70.6 Å². The van der Waals surface area contributed by atoms with Gasteiger partial charge in [-0.1, -0.05) is 150 Å². The Morgan fingerprint density at radius 3 is 1.40 bits per heavy atom. The molecule has 12 heteroatoms. The van der Waals surface area contributed by atoms with Crippen LogP contribution >= 0.6 is 7.82 Å². The highest BCUT2D eigenvalue weighted by Crippen LogP contribution is 2.43. The summed E-state index contributed by atoms with van der Waals surface area (Å²) in [5, 5.41) is 8.89. The Balaban J connectivity index is 4.50. The van der Waals surface area contributed by atoms with Crippen LogP contribution in [0.15, 0.2) is 85.1 Å². The molecular weight excluding hydrogens is 781 g/mol. The maximum Gasteiger partial charge on any atom is 0.472 e. The Labute approximate surface area is 362 Å². The molecule has 0 saturated carbocycles. The molecule has 1 unspecified atom stereocenters. The fourth-order valence-electron chi connectivity index (χ4n) is 5.53. The third-order valence-electron chi connectivity index (χ3n) is 9.12. The number of aliphatic carboxylic acids is 1. The zero-order valence-electron chi connectivity index (χ0n) is 37.0. The van der Waals surface area contributed by atoms with Crippen LogP contribution in [0.5, 0.6) is 0 Å². The summed E-state index contributed by atoms with van der Waals surface area (Å²) >= 11 is 0. The van der Waals surface area contributed by atoms with Gasteiger partial charge in [0.05, 0.1) is 13.2 Å². The summed E-state index contributed by atoms with van der Waals surface area (Å²) in [5.41, 5.74) is 5.33. The molecule has 0 aliphatic heterocycles. The van der Waals surface area contributed by atoms with Crippen LogP contribution in [0.3, 0.4) is 0 Å². The number of esters is 2. The Hall–Kier alpha value is -3.34. The Morgan fingerprint density at radius 2 is 0.900 bits per heavy atom. The van der Waals surface area contributed by atoms with Gasteiger partial charge in [-0.3, -0.25) is 23.4 Å². The number of hydrogen-bond acceptors (Lipinski definition) is 9. The molecule has 0 spiro atoms. The lowest BCUT2D eigenvalue weighted by Gasteiger charge is -2.20. The zero-order valence-corrected chi connectivity index (χ0v) is 37.9. The molecule has 60 heavy (non-hydrogen) atoms. The van der Waals surface area contributed by atoms with Gasteiger partial charge in [0, 0.05) is 12.8 Å². The summed E-state index contributed by atoms with van der Waals surface area (Å²) in [6.07, 6.45) is 52.3. The maximum absolute atomic E-state index is 12.6. The number of phosphoric ester groups is 1. The SMILES string of the molecule is CCCCC/C=C/C/C=C/C/C=C/CCCCC(=O)O[C@@H](COC(=O)CCC/C=C/C/C=C/C/C=C/C/C=C/CCCCCCCCC)COP(=O)(O)OC[C@H](N)C(=O)O. The number of ether oxygens (including phenoxy) is 2. The van der Waals surface area contributed by atoms with Gasteiger partial charge in [0.2, 0.25) is 0 Å². The molecule has 0 aromatic carbocycles. The van der Waals surface area contributed by atoms with Gasteiger partial charge in [-0.05, 0) is 89.9 Å². The predicted octanol–water partition coefficient (Wildman–Crippen LogP) is 12.3. The third kappa shape index (κ3) is 41.4. The van der Waals surface area contributed by atoms with Crippen molar-refractivity contribution in [1.29, 1.82) is 0 Å². The Morgan fingerprint density at radius 1 is 0.517 bits per heavy atom. The quantitative estimate of drug-likeness (QED) is 0.0231. The summed E-state index contributed by atoms with van der Waals surface area (Å²) in [6.45, 7) is 2.66. The molecule has 0 heterocycles. The highest BCUT2D eigenvalue weighted by Gasteiger charge is 2.28. The predicted molar refractivity (Wildman–Crippen MR) is 244 cm³/mol. The minimum Gasteiger partial charge on any atom is -0.480 e. The van der Waals surface area contributed by atoms with E-state index < -0.39 is 57.7 Å². The van der Waals surface area contributed by atoms with Crippen LogP contribution in [0.1, 0.15) is 168 Å². The molecule has 0 radical (unpaired) electrons. The van der Waals surface area contributed by atoms with E-state index in [1.807, 2.05) is 12.2 Å². The largest absolute Gasteiger partial charge is 0.480 e. The average Bonchev–Trinajstić information content (AvgIpc) is 3.22. The number of carbonyl (C=O) groups is 3. The lowest BCUT2D eigenvalue weighted by atomic mass is 10.1. The van der Waals surface area contributed by atoms with Crippen molar-refractivity contribution in [3.8, 4) is 0 Å². The second-order valence-corrected chi connectivity index (χ2v) is 16.3. The Bertz CT molecular complexity index is 1340. The van der Waals surface area contributed by atoms with Crippen LogP contribution in [0.4, 0.5) is 0 Å². The fraction of sp³-hybridized carbons (Fsp3) is 0.646. The van der Waals surface area contributed by atoms with Gasteiger partial charge in [0.15, 0.2) is 6.10 Å². The van der Waals surface area contributed by atoms with E-state index in [1.54, 1.807) is 0 Å². The van der Waals surface area contributed by atoms with E-state index in [4.69, 9.17) is 24.8 Å². The topological polar surface area (TPSA) is 172 Å². The highest BCUT2D eigenvalue weighted by atomic mass is 31.2. The zero-order chi connectivity index (χ0) is 44.2. The highest BCUT2D eigenvalue weighted by molar-refractivity contribution is 7.47. The lowest BCUT2D eigenvalue weighted by Crippen LogP contribution is -2.34. The van der Waals surface area contributed by atoms with Crippen molar-refractivity contribution in [1.82, 2.24) is 0 Å². The fourth-order valence-corrected chi connectivity index (χ4v) is 6.31. The second-order valence-electron chi connectivity index (χ2n) is 14.8. The van der Waals surface area contributed by atoms with E-state index in [9.17, 15) is 23.8 Å². The van der Waals surface area contributed by atoms with E-state index in [0.29, 0.717) is 19.3 Å². The number of allylic oxidation sites excluding steroid dienone is 14. The summed E-state index contributed by atoms with van der Waals surface area (Å²) in [5.74, 6) is -2.51. The molecule has 0 saturated heterocycles. The molecule has 11 nitrogen and oxygen atoms in total. The number of carboxylic acids is 1. The second kappa shape index (κ2) is 42.4. The molecule has 0 aromatic heterocycles. The number of carbonyl (C=O) groups excluding carboxylic acids is 2. The van der Waals surface area contributed by atoms with E-state index in [0.717, 1.165) is 51.4 Å². The first-order chi connectivity index (χ1) is 29.1. The summed E-state index contributed by atoms with van der Waals surface area (Å²) in [7, 11) is -4.74. The monoisotopic (exact) mass is 862 g/mol. The normalized spacial score (nSPS) is 14.5. The van der Waals surface area contributed by atoms with E-state index in [2.05, 4.69) is 91.3 Å². The molecule has 0 aliphatic rings. The summed E-state index contributed by atoms with van der Waals surface area (Å²) < 4.78 is 32.6. The summed E-state index contributed by atoms with van der Waals surface area (Å²) in [6, 6.07) is -1.54. The lowest BCUT2D eigenvalue weighted by molar-refractivity contribution is -0.161. The van der Waals surface area contributed by atoms with Gasteiger partial charge < -0.3 is 25.2 Å².